The molecule has 0 aliphatic heterocycles. The number of hydrogen-bond donors (Lipinski definition) is 1. The van der Waals surface area contributed by atoms with Crippen molar-refractivity contribution in [2.75, 3.05) is 12.4 Å². The van der Waals surface area contributed by atoms with E-state index in [1.807, 2.05) is 0 Å². The molecule has 0 saturated carbocycles. The van der Waals surface area contributed by atoms with E-state index in [1.165, 1.54) is 53.8 Å². The van der Waals surface area contributed by atoms with E-state index in [1.54, 1.807) is 20.8 Å². The summed E-state index contributed by atoms with van der Waals surface area (Å²) in [6, 6.07) is 9.62. The molecule has 0 bridgehead atoms. The second-order valence-corrected chi connectivity index (χ2v) is 8.05. The highest BCUT2D eigenvalue weighted by Crippen LogP contribution is 2.19. The van der Waals surface area contributed by atoms with Gasteiger partial charge in [0.25, 0.3) is 5.91 Å². The molecule has 0 aliphatic carbocycles. The number of carbonyl (C=O) groups excluding carboxylic acids is 1. The van der Waals surface area contributed by atoms with Crippen LogP contribution < -0.4 is 5.32 Å². The highest BCUT2D eigenvalue weighted by Gasteiger charge is 2.23. The van der Waals surface area contributed by atoms with E-state index in [2.05, 4.69) is 5.32 Å². The fourth-order valence-corrected chi connectivity index (χ4v) is 3.55. The first-order valence-corrected chi connectivity index (χ1v) is 9.22. The third kappa shape index (κ3) is 4.24. The Balaban J connectivity index is 2.21. The Hall–Kier alpha value is -2.25. The zero-order chi connectivity index (χ0) is 18.8. The number of amides is 1. The monoisotopic (exact) mass is 364 g/mol. The van der Waals surface area contributed by atoms with Crippen molar-refractivity contribution >= 4 is 21.6 Å². The van der Waals surface area contributed by atoms with Crippen LogP contribution in [-0.2, 0) is 10.0 Å². The maximum atomic E-state index is 13.1. The molecule has 134 valence electrons. The minimum absolute atomic E-state index is 0.123. The number of hydrogen-bond acceptors (Lipinski definition) is 3. The van der Waals surface area contributed by atoms with E-state index in [0.717, 1.165) is 0 Å². The SMILES string of the molecule is Cc1cc(F)ccc1NC(=O)c1ccc(S(=O)(=O)N(C)C(C)C)cc1. The number of halogens is 1. The van der Waals surface area contributed by atoms with Gasteiger partial charge in [-0.05, 0) is 68.8 Å². The van der Waals surface area contributed by atoms with Gasteiger partial charge >= 0.3 is 0 Å². The molecule has 25 heavy (non-hydrogen) atoms. The second kappa shape index (κ2) is 7.33. The molecule has 0 saturated heterocycles. The van der Waals surface area contributed by atoms with Crippen LogP contribution in [0.1, 0.15) is 29.8 Å². The molecule has 0 fully saturated rings. The van der Waals surface area contributed by atoms with Crippen LogP contribution in [0.5, 0.6) is 0 Å². The minimum Gasteiger partial charge on any atom is -0.322 e. The standard InChI is InChI=1S/C18H21FN2O3S/c1-12(2)21(4)25(23,24)16-8-5-14(6-9-16)18(22)20-17-10-7-15(19)11-13(17)3/h5-12H,1-4H3,(H,20,22). The predicted molar refractivity (Wildman–Crippen MR) is 95.6 cm³/mol. The van der Waals surface area contributed by atoms with E-state index in [4.69, 9.17) is 0 Å². The summed E-state index contributed by atoms with van der Waals surface area (Å²) in [4.78, 5) is 12.4. The van der Waals surface area contributed by atoms with Crippen LogP contribution in [0.15, 0.2) is 47.4 Å². The average Bonchev–Trinajstić information content (AvgIpc) is 2.56. The Kier molecular flexibility index (Phi) is 5.59. The summed E-state index contributed by atoms with van der Waals surface area (Å²) in [7, 11) is -2.08. The smallest absolute Gasteiger partial charge is 0.255 e. The van der Waals surface area contributed by atoms with Crippen LogP contribution in [0.2, 0.25) is 0 Å². The van der Waals surface area contributed by atoms with Crippen molar-refractivity contribution in [2.45, 2.75) is 31.7 Å². The highest BCUT2D eigenvalue weighted by atomic mass is 32.2. The van der Waals surface area contributed by atoms with Crippen molar-refractivity contribution in [3.8, 4) is 0 Å². The first-order valence-electron chi connectivity index (χ1n) is 7.78. The molecule has 0 aliphatic rings. The molecular formula is C18H21FN2O3S. The number of benzene rings is 2. The first-order chi connectivity index (χ1) is 11.6. The van der Waals surface area contributed by atoms with Gasteiger partial charge in [0, 0.05) is 24.3 Å². The van der Waals surface area contributed by atoms with Crippen molar-refractivity contribution in [2.24, 2.45) is 0 Å². The summed E-state index contributed by atoms with van der Waals surface area (Å²) >= 11 is 0. The van der Waals surface area contributed by atoms with Crippen LogP contribution in [0.25, 0.3) is 0 Å². The molecule has 2 aromatic carbocycles. The average molecular weight is 364 g/mol. The number of rotatable bonds is 5. The van der Waals surface area contributed by atoms with Crippen molar-refractivity contribution in [1.29, 1.82) is 0 Å². The molecule has 2 aromatic rings. The van der Waals surface area contributed by atoms with Crippen LogP contribution in [-0.4, -0.2) is 31.7 Å². The van der Waals surface area contributed by atoms with Crippen molar-refractivity contribution < 1.29 is 17.6 Å². The van der Waals surface area contributed by atoms with E-state index < -0.39 is 15.9 Å². The molecule has 0 radical (unpaired) electrons. The van der Waals surface area contributed by atoms with Gasteiger partial charge in [0.1, 0.15) is 5.82 Å². The Bertz CT molecular complexity index is 878. The molecule has 0 heterocycles. The van der Waals surface area contributed by atoms with Crippen molar-refractivity contribution in [3.05, 3.63) is 59.4 Å². The van der Waals surface area contributed by atoms with Crippen molar-refractivity contribution in [1.82, 2.24) is 4.31 Å². The minimum atomic E-state index is -3.59. The molecule has 7 heteroatoms. The molecule has 0 unspecified atom stereocenters. The lowest BCUT2D eigenvalue weighted by atomic mass is 10.1. The second-order valence-electron chi connectivity index (χ2n) is 6.05. The largest absolute Gasteiger partial charge is 0.322 e. The van der Waals surface area contributed by atoms with Gasteiger partial charge in [0.15, 0.2) is 0 Å². The highest BCUT2D eigenvalue weighted by molar-refractivity contribution is 7.89. The fraction of sp³-hybridized carbons (Fsp3) is 0.278. The number of carbonyl (C=O) groups is 1. The molecule has 5 nitrogen and oxygen atoms in total. The topological polar surface area (TPSA) is 66.5 Å². The van der Waals surface area contributed by atoms with Gasteiger partial charge in [0.2, 0.25) is 10.0 Å². The summed E-state index contributed by atoms with van der Waals surface area (Å²) < 4.78 is 39.2. The molecule has 1 amide bonds. The van der Waals surface area contributed by atoms with Gasteiger partial charge in [-0.25, -0.2) is 12.8 Å². The number of aryl methyl sites for hydroxylation is 1. The maximum absolute atomic E-state index is 13.1. The lowest BCUT2D eigenvalue weighted by Gasteiger charge is -2.21. The zero-order valence-electron chi connectivity index (χ0n) is 14.6. The third-order valence-corrected chi connectivity index (χ3v) is 6.01. The summed E-state index contributed by atoms with van der Waals surface area (Å²) in [6.45, 7) is 5.25. The van der Waals surface area contributed by atoms with Gasteiger partial charge < -0.3 is 5.32 Å². The van der Waals surface area contributed by atoms with Gasteiger partial charge in [-0.3, -0.25) is 4.79 Å². The lowest BCUT2D eigenvalue weighted by molar-refractivity contribution is 0.102. The summed E-state index contributed by atoms with van der Waals surface area (Å²) in [5.74, 6) is -0.768. The van der Waals surface area contributed by atoms with Crippen molar-refractivity contribution in [3.63, 3.8) is 0 Å². The Morgan fingerprint density at radius 2 is 1.72 bits per heavy atom. The number of anilines is 1. The predicted octanol–water partition coefficient (Wildman–Crippen LogP) is 3.42. The quantitative estimate of drug-likeness (QED) is 0.884. The Morgan fingerprint density at radius 1 is 1.12 bits per heavy atom. The van der Waals surface area contributed by atoms with E-state index in [0.29, 0.717) is 16.8 Å². The van der Waals surface area contributed by atoms with Crippen LogP contribution in [0, 0.1) is 12.7 Å². The maximum Gasteiger partial charge on any atom is 0.255 e. The Morgan fingerprint density at radius 3 is 2.24 bits per heavy atom. The van der Waals surface area contributed by atoms with Crippen LogP contribution in [0.3, 0.4) is 0 Å². The Labute approximate surface area is 147 Å². The van der Waals surface area contributed by atoms with E-state index >= 15 is 0 Å². The lowest BCUT2D eigenvalue weighted by Crippen LogP contribution is -2.33. The number of sulfonamides is 1. The van der Waals surface area contributed by atoms with Gasteiger partial charge in [-0.15, -0.1) is 0 Å². The summed E-state index contributed by atoms with van der Waals surface area (Å²) in [5.41, 5.74) is 1.42. The first kappa shape index (κ1) is 19.1. The van der Waals surface area contributed by atoms with Gasteiger partial charge in [-0.1, -0.05) is 0 Å². The molecule has 0 atom stereocenters. The molecule has 0 aromatic heterocycles. The molecule has 2 rings (SSSR count). The molecular weight excluding hydrogens is 343 g/mol. The van der Waals surface area contributed by atoms with Crippen LogP contribution >= 0.6 is 0 Å². The molecule has 1 N–H and O–H groups in total. The van der Waals surface area contributed by atoms with Gasteiger partial charge in [-0.2, -0.15) is 4.31 Å². The fourth-order valence-electron chi connectivity index (χ4n) is 2.18. The number of nitrogens with one attached hydrogen (secondary N) is 1. The van der Waals surface area contributed by atoms with Gasteiger partial charge in [0.05, 0.1) is 4.90 Å². The normalized spacial score (nSPS) is 11.8. The zero-order valence-corrected chi connectivity index (χ0v) is 15.4. The number of nitrogens with zero attached hydrogens (tertiary/aromatic N) is 1. The van der Waals surface area contributed by atoms with Crippen LogP contribution in [0.4, 0.5) is 10.1 Å². The third-order valence-electron chi connectivity index (χ3n) is 3.96. The van der Waals surface area contributed by atoms with E-state index in [9.17, 15) is 17.6 Å². The molecule has 0 spiro atoms. The van der Waals surface area contributed by atoms with E-state index in [-0.39, 0.29) is 16.8 Å². The summed E-state index contributed by atoms with van der Waals surface area (Å²) in [6.07, 6.45) is 0. The summed E-state index contributed by atoms with van der Waals surface area (Å²) in [5, 5.41) is 2.69.